The Morgan fingerprint density at radius 3 is 2.06 bits per heavy atom. The summed E-state index contributed by atoms with van der Waals surface area (Å²) in [5.41, 5.74) is 1.38. The molecule has 0 aliphatic carbocycles. The molecule has 1 aromatic rings. The monoisotopic (exact) mass is 234 g/mol. The first-order chi connectivity index (χ1) is 7.57. The van der Waals surface area contributed by atoms with Crippen LogP contribution in [0, 0.1) is 0 Å². The molecule has 1 aliphatic heterocycles. The number of nitrogens with one attached hydrogen (secondary N) is 1. The van der Waals surface area contributed by atoms with E-state index in [9.17, 15) is 0 Å². The summed E-state index contributed by atoms with van der Waals surface area (Å²) >= 11 is 0. The van der Waals surface area contributed by atoms with E-state index in [0.717, 1.165) is 26.2 Å². The second-order valence-corrected chi connectivity index (χ2v) is 10.6. The molecule has 0 atom stereocenters. The van der Waals surface area contributed by atoms with Gasteiger partial charge in [0.2, 0.25) is 0 Å². The van der Waals surface area contributed by atoms with Crippen LogP contribution < -0.4 is 15.4 Å². The van der Waals surface area contributed by atoms with Crippen molar-refractivity contribution >= 4 is 18.9 Å². The normalized spacial score (nSPS) is 17.6. The Balaban J connectivity index is 2.12. The summed E-state index contributed by atoms with van der Waals surface area (Å²) in [5.74, 6) is 0. The Morgan fingerprint density at radius 2 is 1.56 bits per heavy atom. The van der Waals surface area contributed by atoms with Gasteiger partial charge in [-0.1, -0.05) is 37.0 Å². The lowest BCUT2D eigenvalue weighted by Crippen LogP contribution is -2.44. The van der Waals surface area contributed by atoms with Crippen LogP contribution in [0.1, 0.15) is 0 Å². The van der Waals surface area contributed by atoms with Crippen LogP contribution in [-0.2, 0) is 0 Å². The van der Waals surface area contributed by atoms with Crippen molar-refractivity contribution in [1.29, 1.82) is 0 Å². The van der Waals surface area contributed by atoms with E-state index in [1.165, 1.54) is 5.69 Å². The maximum Gasteiger partial charge on any atom is 0.0775 e. The largest absolute Gasteiger partial charge is 0.369 e. The summed E-state index contributed by atoms with van der Waals surface area (Å²) < 4.78 is 0. The predicted octanol–water partition coefficient (Wildman–Crippen LogP) is 1.64. The third-order valence-corrected chi connectivity index (χ3v) is 5.28. The van der Waals surface area contributed by atoms with E-state index in [4.69, 9.17) is 0 Å². The van der Waals surface area contributed by atoms with Gasteiger partial charge in [0, 0.05) is 31.9 Å². The highest BCUT2D eigenvalue weighted by atomic mass is 28.3. The molecule has 0 unspecified atom stereocenters. The number of benzene rings is 1. The molecule has 0 radical (unpaired) electrons. The molecule has 3 heteroatoms. The lowest BCUT2D eigenvalue weighted by Gasteiger charge is -2.30. The Bertz CT molecular complexity index is 334. The molecule has 2 rings (SSSR count). The molecule has 16 heavy (non-hydrogen) atoms. The number of nitrogens with zero attached hydrogens (tertiary/aromatic N) is 1. The third-order valence-electron chi connectivity index (χ3n) is 3.22. The second-order valence-electron chi connectivity index (χ2n) is 5.53. The van der Waals surface area contributed by atoms with E-state index in [2.05, 4.69) is 54.1 Å². The number of piperazine rings is 1. The van der Waals surface area contributed by atoms with Crippen molar-refractivity contribution in [3.63, 3.8) is 0 Å². The highest BCUT2D eigenvalue weighted by Gasteiger charge is 2.16. The standard InChI is InChI=1S/C13H22N2Si/c1-16(2,3)13-6-4-12(5-7-13)15-10-8-14-9-11-15/h4-7,14H,8-11H2,1-3H3. The van der Waals surface area contributed by atoms with Gasteiger partial charge in [0.25, 0.3) is 0 Å². The first-order valence-corrected chi connectivity index (χ1v) is 9.63. The quantitative estimate of drug-likeness (QED) is 0.783. The lowest BCUT2D eigenvalue weighted by atomic mass is 10.2. The van der Waals surface area contributed by atoms with Crippen LogP contribution in [0.4, 0.5) is 5.69 Å². The number of hydrogen-bond donors (Lipinski definition) is 1. The fraction of sp³-hybridized carbons (Fsp3) is 0.538. The molecule has 1 heterocycles. The van der Waals surface area contributed by atoms with Crippen molar-refractivity contribution in [2.24, 2.45) is 0 Å². The molecule has 88 valence electrons. The third kappa shape index (κ3) is 2.65. The predicted molar refractivity (Wildman–Crippen MR) is 74.5 cm³/mol. The van der Waals surface area contributed by atoms with Gasteiger partial charge in [-0.25, -0.2) is 0 Å². The van der Waals surface area contributed by atoms with E-state index in [1.54, 1.807) is 5.19 Å². The highest BCUT2D eigenvalue weighted by molar-refractivity contribution is 6.88. The molecule has 1 N–H and O–H groups in total. The maximum atomic E-state index is 3.39. The molecule has 0 spiro atoms. The minimum Gasteiger partial charge on any atom is -0.369 e. The molecule has 0 amide bonds. The zero-order valence-corrected chi connectivity index (χ0v) is 11.6. The van der Waals surface area contributed by atoms with Crippen LogP contribution in [0.3, 0.4) is 0 Å². The average molecular weight is 234 g/mol. The van der Waals surface area contributed by atoms with E-state index in [-0.39, 0.29) is 0 Å². The highest BCUT2D eigenvalue weighted by Crippen LogP contribution is 2.14. The molecule has 0 bridgehead atoms. The lowest BCUT2D eigenvalue weighted by molar-refractivity contribution is 0.589. The minimum atomic E-state index is -1.14. The molecule has 1 aromatic carbocycles. The van der Waals surface area contributed by atoms with Crippen molar-refractivity contribution in [1.82, 2.24) is 5.32 Å². The number of hydrogen-bond acceptors (Lipinski definition) is 2. The van der Waals surface area contributed by atoms with Gasteiger partial charge in [-0.15, -0.1) is 0 Å². The fourth-order valence-electron chi connectivity index (χ4n) is 2.10. The van der Waals surface area contributed by atoms with Crippen molar-refractivity contribution in [2.75, 3.05) is 31.1 Å². The SMILES string of the molecule is C[Si](C)(C)c1ccc(N2CCNCC2)cc1. The average Bonchev–Trinajstić information content (AvgIpc) is 2.29. The van der Waals surface area contributed by atoms with E-state index < -0.39 is 8.07 Å². The van der Waals surface area contributed by atoms with Crippen LogP contribution >= 0.6 is 0 Å². The van der Waals surface area contributed by atoms with Gasteiger partial charge in [-0.3, -0.25) is 0 Å². The smallest absolute Gasteiger partial charge is 0.0775 e. The van der Waals surface area contributed by atoms with Gasteiger partial charge >= 0.3 is 0 Å². The summed E-state index contributed by atoms with van der Waals surface area (Å²) in [5, 5.41) is 4.93. The molecular weight excluding hydrogens is 212 g/mol. The van der Waals surface area contributed by atoms with Gasteiger partial charge in [-0.2, -0.15) is 0 Å². The van der Waals surface area contributed by atoms with Gasteiger partial charge in [0.15, 0.2) is 0 Å². The summed E-state index contributed by atoms with van der Waals surface area (Å²) in [6.45, 7) is 11.7. The van der Waals surface area contributed by atoms with E-state index in [0.29, 0.717) is 0 Å². The number of anilines is 1. The summed E-state index contributed by atoms with van der Waals surface area (Å²) in [6.07, 6.45) is 0. The first-order valence-electron chi connectivity index (χ1n) is 6.13. The minimum absolute atomic E-state index is 1.11. The van der Waals surface area contributed by atoms with Crippen molar-refractivity contribution < 1.29 is 0 Å². The van der Waals surface area contributed by atoms with E-state index >= 15 is 0 Å². The summed E-state index contributed by atoms with van der Waals surface area (Å²) in [4.78, 5) is 2.46. The van der Waals surface area contributed by atoms with Gasteiger partial charge in [0.1, 0.15) is 0 Å². The van der Waals surface area contributed by atoms with Crippen LogP contribution in [0.25, 0.3) is 0 Å². The summed E-state index contributed by atoms with van der Waals surface area (Å²) in [6, 6.07) is 9.23. The zero-order chi connectivity index (χ0) is 11.6. The molecule has 1 fully saturated rings. The Labute approximate surface area is 99.7 Å². The Kier molecular flexibility index (Phi) is 3.35. The number of rotatable bonds is 2. The Hall–Kier alpha value is -0.803. The zero-order valence-electron chi connectivity index (χ0n) is 10.6. The molecule has 0 saturated carbocycles. The van der Waals surface area contributed by atoms with Gasteiger partial charge in [0.05, 0.1) is 8.07 Å². The van der Waals surface area contributed by atoms with Crippen molar-refractivity contribution in [3.8, 4) is 0 Å². The van der Waals surface area contributed by atoms with Crippen molar-refractivity contribution in [2.45, 2.75) is 19.6 Å². The van der Waals surface area contributed by atoms with Crippen LogP contribution in [0.5, 0.6) is 0 Å². The van der Waals surface area contributed by atoms with Crippen LogP contribution in [0.2, 0.25) is 19.6 Å². The Morgan fingerprint density at radius 1 is 1.00 bits per heavy atom. The molecule has 0 aromatic heterocycles. The molecular formula is C13H22N2Si. The topological polar surface area (TPSA) is 15.3 Å². The first kappa shape index (κ1) is 11.7. The second kappa shape index (κ2) is 4.59. The van der Waals surface area contributed by atoms with E-state index in [1.807, 2.05) is 0 Å². The van der Waals surface area contributed by atoms with Crippen molar-refractivity contribution in [3.05, 3.63) is 24.3 Å². The van der Waals surface area contributed by atoms with Gasteiger partial charge < -0.3 is 10.2 Å². The molecule has 1 saturated heterocycles. The fourth-order valence-corrected chi connectivity index (χ4v) is 3.26. The maximum absolute atomic E-state index is 3.39. The van der Waals surface area contributed by atoms with Crippen LogP contribution in [0.15, 0.2) is 24.3 Å². The molecule has 1 aliphatic rings. The van der Waals surface area contributed by atoms with Gasteiger partial charge in [-0.05, 0) is 12.1 Å². The van der Waals surface area contributed by atoms with Crippen LogP contribution in [-0.4, -0.2) is 34.3 Å². The molecule has 2 nitrogen and oxygen atoms in total. The summed E-state index contributed by atoms with van der Waals surface area (Å²) in [7, 11) is -1.14.